The Balaban J connectivity index is 1.88. The van der Waals surface area contributed by atoms with Crippen molar-refractivity contribution in [2.45, 2.75) is 59.5 Å². The van der Waals surface area contributed by atoms with E-state index in [1.807, 2.05) is 0 Å². The van der Waals surface area contributed by atoms with Crippen LogP contribution in [-0.2, 0) is 9.53 Å². The average molecular weight is 520 g/mol. The van der Waals surface area contributed by atoms with Gasteiger partial charge in [-0.3, -0.25) is 9.69 Å². The number of carbonyl (C=O) groups excluding carboxylic acids is 2. The third-order valence-electron chi connectivity index (χ3n) is 4.99. The van der Waals surface area contributed by atoms with Crippen molar-refractivity contribution in [1.29, 1.82) is 5.26 Å². The van der Waals surface area contributed by atoms with Crippen molar-refractivity contribution in [1.82, 2.24) is 20.2 Å². The first-order chi connectivity index (χ1) is 18.1. The van der Waals surface area contributed by atoms with Crippen molar-refractivity contribution in [3.63, 3.8) is 0 Å². The second kappa shape index (κ2) is 15.1. The summed E-state index contributed by atoms with van der Waals surface area (Å²) in [7, 11) is 0. The van der Waals surface area contributed by atoms with Gasteiger partial charge in [-0.25, -0.2) is 9.78 Å². The van der Waals surface area contributed by atoms with Crippen molar-refractivity contribution >= 4 is 29.5 Å². The van der Waals surface area contributed by atoms with Crippen molar-refractivity contribution < 1.29 is 14.3 Å². The molecule has 0 aliphatic carbocycles. The van der Waals surface area contributed by atoms with E-state index in [4.69, 9.17) is 10.00 Å². The molecule has 0 radical (unpaired) electrons. The summed E-state index contributed by atoms with van der Waals surface area (Å²) in [6.07, 6.45) is 3.32. The Bertz CT molecular complexity index is 1170. The molecule has 2 aromatic rings. The predicted molar refractivity (Wildman–Crippen MR) is 148 cm³/mol. The molecule has 38 heavy (non-hydrogen) atoms. The summed E-state index contributed by atoms with van der Waals surface area (Å²) in [6, 6.07) is 9.13. The number of aromatic nitrogens is 2. The maximum atomic E-state index is 12.2. The molecule has 0 unspecified atom stereocenters. The van der Waals surface area contributed by atoms with Gasteiger partial charge in [0.25, 0.3) is 0 Å². The molecule has 10 heteroatoms. The number of likely N-dealkylation sites (N-methyl/N-ethyl adjacent to an activating group) is 1. The van der Waals surface area contributed by atoms with E-state index in [-0.39, 0.29) is 12.5 Å². The number of carbonyl (C=O) groups is 2. The number of nitrogens with zero attached hydrogens (tertiary/aromatic N) is 4. The minimum Gasteiger partial charge on any atom is -0.444 e. The van der Waals surface area contributed by atoms with Crippen molar-refractivity contribution in [3.05, 3.63) is 41.6 Å². The molecule has 0 saturated heterocycles. The molecule has 2 amide bonds. The van der Waals surface area contributed by atoms with Crippen LogP contribution < -0.4 is 16.0 Å². The molecule has 2 rings (SSSR count). The Morgan fingerprint density at radius 3 is 2.50 bits per heavy atom. The minimum absolute atomic E-state index is 0.0518. The number of amides is 2. The van der Waals surface area contributed by atoms with Gasteiger partial charge in [0.05, 0.1) is 23.4 Å². The molecule has 10 nitrogen and oxygen atoms in total. The van der Waals surface area contributed by atoms with E-state index in [0.717, 1.165) is 18.7 Å². The van der Waals surface area contributed by atoms with Crippen LogP contribution in [0.3, 0.4) is 0 Å². The average Bonchev–Trinajstić information content (AvgIpc) is 2.88. The van der Waals surface area contributed by atoms with Crippen LogP contribution >= 0.6 is 0 Å². The van der Waals surface area contributed by atoms with Gasteiger partial charge < -0.3 is 20.7 Å². The Hall–Kier alpha value is -4.31. The summed E-state index contributed by atoms with van der Waals surface area (Å²) >= 11 is 0. The van der Waals surface area contributed by atoms with E-state index >= 15 is 0 Å². The first kappa shape index (κ1) is 29.9. The van der Waals surface area contributed by atoms with Crippen LogP contribution in [0.5, 0.6) is 0 Å². The lowest BCUT2D eigenvalue weighted by atomic mass is 10.2. The molecule has 0 spiro atoms. The van der Waals surface area contributed by atoms with Crippen LogP contribution in [0.25, 0.3) is 0 Å². The number of ether oxygens (including phenoxy) is 1. The zero-order chi connectivity index (χ0) is 28.0. The van der Waals surface area contributed by atoms with E-state index < -0.39 is 11.7 Å². The SMILES string of the molecule is CCCNc1nc(Nc2ccc(C#N)cc2)ncc1C#CCCCNC(=O)CN(CC)C(=O)OC(C)(C)C. The van der Waals surface area contributed by atoms with E-state index in [2.05, 4.69) is 50.8 Å². The fourth-order valence-electron chi connectivity index (χ4n) is 3.09. The molecule has 0 aliphatic rings. The van der Waals surface area contributed by atoms with Crippen LogP contribution in [0.4, 0.5) is 22.2 Å². The monoisotopic (exact) mass is 519 g/mol. The zero-order valence-electron chi connectivity index (χ0n) is 22.9. The molecule has 0 aliphatic heterocycles. The van der Waals surface area contributed by atoms with Gasteiger partial charge in [0.2, 0.25) is 11.9 Å². The van der Waals surface area contributed by atoms with Crippen LogP contribution in [0, 0.1) is 23.2 Å². The number of nitrogens with one attached hydrogen (secondary N) is 3. The number of benzene rings is 1. The van der Waals surface area contributed by atoms with Crippen LogP contribution in [0.2, 0.25) is 0 Å². The summed E-state index contributed by atoms with van der Waals surface area (Å²) in [4.78, 5) is 34.7. The quantitative estimate of drug-likeness (QED) is 0.294. The molecule has 1 aromatic heterocycles. The number of hydrogen-bond acceptors (Lipinski definition) is 8. The number of rotatable bonds is 11. The van der Waals surface area contributed by atoms with Crippen molar-refractivity contribution in [2.24, 2.45) is 0 Å². The first-order valence-electron chi connectivity index (χ1n) is 12.8. The van der Waals surface area contributed by atoms with E-state index in [9.17, 15) is 9.59 Å². The standard InChI is InChI=1S/C28H37N7O3/c1-6-16-31-25-22(19-32-26(34-25)33-23-14-12-21(18-29)13-15-23)11-9-8-10-17-30-24(36)20-35(7-2)27(37)38-28(3,4)5/h12-15,19H,6-8,10,16-17,20H2,1-5H3,(H,30,36)(H2,31,32,33,34). The number of hydrogen-bond donors (Lipinski definition) is 3. The summed E-state index contributed by atoms with van der Waals surface area (Å²) in [5.41, 5.74) is 1.43. The lowest BCUT2D eigenvalue weighted by Gasteiger charge is -2.26. The van der Waals surface area contributed by atoms with E-state index in [1.165, 1.54) is 4.90 Å². The maximum absolute atomic E-state index is 12.2. The number of unbranched alkanes of at least 4 members (excludes halogenated alkanes) is 1. The number of nitriles is 1. The molecule has 0 saturated carbocycles. The molecule has 3 N–H and O–H groups in total. The number of anilines is 3. The fraction of sp³-hybridized carbons (Fsp3) is 0.464. The second-order valence-electron chi connectivity index (χ2n) is 9.45. The van der Waals surface area contributed by atoms with Gasteiger partial charge in [-0.15, -0.1) is 0 Å². The van der Waals surface area contributed by atoms with E-state index in [1.54, 1.807) is 58.2 Å². The summed E-state index contributed by atoms with van der Waals surface area (Å²) < 4.78 is 5.33. The smallest absolute Gasteiger partial charge is 0.410 e. The molecular weight excluding hydrogens is 482 g/mol. The topological polar surface area (TPSA) is 132 Å². The van der Waals surface area contributed by atoms with Gasteiger partial charge in [0.15, 0.2) is 0 Å². The minimum atomic E-state index is -0.613. The van der Waals surface area contributed by atoms with Gasteiger partial charge in [0.1, 0.15) is 18.0 Å². The zero-order valence-corrected chi connectivity index (χ0v) is 22.9. The Morgan fingerprint density at radius 1 is 1.13 bits per heavy atom. The lowest BCUT2D eigenvalue weighted by Crippen LogP contribution is -2.43. The third-order valence-corrected chi connectivity index (χ3v) is 4.99. The van der Waals surface area contributed by atoms with Gasteiger partial charge >= 0.3 is 6.09 Å². The molecule has 0 bridgehead atoms. The Labute approximate surface area is 225 Å². The lowest BCUT2D eigenvalue weighted by molar-refractivity contribution is -0.122. The molecular formula is C28H37N7O3. The Kier molecular flexibility index (Phi) is 11.9. The van der Waals surface area contributed by atoms with E-state index in [0.29, 0.717) is 48.8 Å². The maximum Gasteiger partial charge on any atom is 0.410 e. The van der Waals surface area contributed by atoms with Gasteiger partial charge in [-0.2, -0.15) is 10.2 Å². The molecule has 202 valence electrons. The predicted octanol–water partition coefficient (Wildman–Crippen LogP) is 4.42. The highest BCUT2D eigenvalue weighted by molar-refractivity contribution is 5.82. The van der Waals surface area contributed by atoms with Crippen LogP contribution in [0.15, 0.2) is 30.5 Å². The third kappa shape index (κ3) is 10.8. The van der Waals surface area contributed by atoms with Gasteiger partial charge in [-0.05, 0) is 64.8 Å². The highest BCUT2D eigenvalue weighted by atomic mass is 16.6. The summed E-state index contributed by atoms with van der Waals surface area (Å²) in [5.74, 6) is 7.05. The highest BCUT2D eigenvalue weighted by Crippen LogP contribution is 2.18. The van der Waals surface area contributed by atoms with Crippen LogP contribution in [-0.4, -0.2) is 58.6 Å². The molecule has 0 atom stereocenters. The molecule has 1 heterocycles. The van der Waals surface area contributed by atoms with Crippen LogP contribution in [0.1, 0.15) is 65.0 Å². The first-order valence-corrected chi connectivity index (χ1v) is 12.8. The van der Waals surface area contributed by atoms with Crippen molar-refractivity contribution in [2.75, 3.05) is 36.8 Å². The highest BCUT2D eigenvalue weighted by Gasteiger charge is 2.22. The van der Waals surface area contributed by atoms with Crippen molar-refractivity contribution in [3.8, 4) is 17.9 Å². The Morgan fingerprint density at radius 2 is 1.87 bits per heavy atom. The largest absolute Gasteiger partial charge is 0.444 e. The molecule has 1 aromatic carbocycles. The normalized spacial score (nSPS) is 10.4. The summed E-state index contributed by atoms with van der Waals surface area (Å²) in [5, 5.41) is 18.2. The van der Waals surface area contributed by atoms with Gasteiger partial charge in [0, 0.05) is 31.7 Å². The second-order valence-corrected chi connectivity index (χ2v) is 9.45. The van der Waals surface area contributed by atoms with Gasteiger partial charge in [-0.1, -0.05) is 18.8 Å². The fourth-order valence-corrected chi connectivity index (χ4v) is 3.09. The molecule has 0 fully saturated rings. The summed E-state index contributed by atoms with van der Waals surface area (Å²) in [6.45, 7) is 10.8.